The fourth-order valence-electron chi connectivity index (χ4n) is 9.39. The minimum absolute atomic E-state index is 0.111. The maximum absolute atomic E-state index is 12.9. The molecule has 0 amide bonds. The molecular weight excluding hydrogens is 877 g/mol. The molecule has 0 aromatic rings. The molecule has 9 heteroatoms. The van der Waals surface area contributed by atoms with Gasteiger partial charge in [-0.3, -0.25) is 4.79 Å². The maximum atomic E-state index is 12.9. The molecule has 6 unspecified atom stereocenters. The molecule has 0 aliphatic carbocycles. The Bertz CT molecular complexity index is 1170. The number of carbonyl (C=O) groups is 1. The number of rotatable bonds is 53. The van der Waals surface area contributed by atoms with Crippen LogP contribution in [0.25, 0.3) is 0 Å². The van der Waals surface area contributed by atoms with Crippen LogP contribution in [0, 0.1) is 0 Å². The van der Waals surface area contributed by atoms with Gasteiger partial charge in [-0.05, 0) is 51.4 Å². The molecule has 6 atom stereocenters. The summed E-state index contributed by atoms with van der Waals surface area (Å²) in [5.41, 5.74) is 0. The van der Waals surface area contributed by atoms with E-state index < -0.39 is 43.4 Å². The minimum atomic E-state index is -1.54. The van der Waals surface area contributed by atoms with Crippen molar-refractivity contribution in [3.8, 4) is 0 Å². The van der Waals surface area contributed by atoms with Crippen LogP contribution in [-0.4, -0.2) is 89.6 Å². The van der Waals surface area contributed by atoms with E-state index in [2.05, 4.69) is 50.3 Å². The van der Waals surface area contributed by atoms with E-state index >= 15 is 0 Å². The molecule has 1 aliphatic rings. The molecule has 0 aromatic carbocycles. The van der Waals surface area contributed by atoms with Gasteiger partial charge in [0.1, 0.15) is 30.5 Å². The van der Waals surface area contributed by atoms with Crippen LogP contribution in [-0.2, 0) is 23.7 Å². The molecule has 0 radical (unpaired) electrons. The summed E-state index contributed by atoms with van der Waals surface area (Å²) in [5.74, 6) is -0.308. The first-order valence-corrected chi connectivity index (χ1v) is 30.1. The highest BCUT2D eigenvalue weighted by atomic mass is 16.7. The van der Waals surface area contributed by atoms with Crippen molar-refractivity contribution in [2.45, 2.75) is 320 Å². The first-order chi connectivity index (χ1) is 34.4. The van der Waals surface area contributed by atoms with Crippen molar-refractivity contribution in [1.82, 2.24) is 0 Å². The quantitative estimate of drug-likeness (QED) is 0.0267. The van der Waals surface area contributed by atoms with Crippen LogP contribution in [0.4, 0.5) is 0 Å². The Morgan fingerprint density at radius 1 is 0.457 bits per heavy atom. The van der Waals surface area contributed by atoms with E-state index in [0.717, 1.165) is 44.9 Å². The van der Waals surface area contributed by atoms with E-state index in [1.165, 1.54) is 218 Å². The summed E-state index contributed by atoms with van der Waals surface area (Å²) < 4.78 is 23.0. The number of esters is 1. The van der Waals surface area contributed by atoms with Crippen molar-refractivity contribution in [3.63, 3.8) is 0 Å². The summed E-state index contributed by atoms with van der Waals surface area (Å²) in [6, 6.07) is 0. The zero-order chi connectivity index (χ0) is 50.6. The summed E-state index contributed by atoms with van der Waals surface area (Å²) in [6.45, 7) is 4.60. The highest BCUT2D eigenvalue weighted by Gasteiger charge is 2.44. The molecule has 9 nitrogen and oxygen atoms in total. The molecule has 1 aliphatic heterocycles. The zero-order valence-electron chi connectivity index (χ0n) is 45.8. The lowest BCUT2D eigenvalue weighted by Gasteiger charge is -2.39. The first kappa shape index (κ1) is 66.4. The third-order valence-electron chi connectivity index (χ3n) is 14.1. The summed E-state index contributed by atoms with van der Waals surface area (Å²) in [7, 11) is 0. The van der Waals surface area contributed by atoms with Crippen LogP contribution in [0.5, 0.6) is 0 Å². The van der Waals surface area contributed by atoms with Crippen LogP contribution in [0.2, 0.25) is 0 Å². The molecule has 0 spiro atoms. The Kier molecular flexibility index (Phi) is 49.6. The highest BCUT2D eigenvalue weighted by molar-refractivity contribution is 5.69. The van der Waals surface area contributed by atoms with E-state index in [-0.39, 0.29) is 19.2 Å². The van der Waals surface area contributed by atoms with E-state index in [9.17, 15) is 25.2 Å². The Morgan fingerprint density at radius 2 is 0.829 bits per heavy atom. The van der Waals surface area contributed by atoms with Gasteiger partial charge in [0.2, 0.25) is 0 Å². The number of allylic oxidation sites excluding steroid dienone is 6. The predicted octanol–water partition coefficient (Wildman–Crippen LogP) is 15.8. The van der Waals surface area contributed by atoms with E-state index in [4.69, 9.17) is 18.9 Å². The molecule has 0 bridgehead atoms. The standard InChI is InChI=1S/C61H114O9/c1-3-5-7-9-11-13-15-17-19-21-23-25-26-27-28-29-31-33-35-37-39-41-43-45-47-49-51-67-53-55(54-68-61-60(66)59(65)58(64)56(52-62)70-61)69-57(63)50-48-46-44-42-40-38-36-34-32-30-24-22-20-18-16-14-12-10-8-6-4-2/h15,17,21,23,26-27,55-56,58-62,64-66H,3-14,16,18-20,22,24-25,28-54H2,1-2H3/b17-15-,23-21-,27-26-. The SMILES string of the molecule is CCCCCCC/C=C\C/C=C\C/C=C\CCCCCCCCCCCCCOCC(COC1OC(CO)C(O)C(O)C1O)OC(=O)CCCCCCCCCCCCCCCCCCCCCCC. The Morgan fingerprint density at radius 3 is 1.24 bits per heavy atom. The molecule has 1 fully saturated rings. The Hall–Kier alpha value is -1.59. The van der Waals surface area contributed by atoms with Gasteiger partial charge >= 0.3 is 5.97 Å². The molecule has 0 aromatic heterocycles. The monoisotopic (exact) mass is 991 g/mol. The molecule has 1 rings (SSSR count). The van der Waals surface area contributed by atoms with Gasteiger partial charge in [-0.25, -0.2) is 0 Å². The van der Waals surface area contributed by atoms with Crippen LogP contribution in [0.3, 0.4) is 0 Å². The van der Waals surface area contributed by atoms with Gasteiger partial charge in [0, 0.05) is 13.0 Å². The van der Waals surface area contributed by atoms with Gasteiger partial charge in [0.25, 0.3) is 0 Å². The van der Waals surface area contributed by atoms with Gasteiger partial charge in [-0.1, -0.05) is 262 Å². The van der Waals surface area contributed by atoms with Crippen molar-refractivity contribution >= 4 is 5.97 Å². The van der Waals surface area contributed by atoms with E-state index in [0.29, 0.717) is 13.0 Å². The van der Waals surface area contributed by atoms with E-state index in [1.54, 1.807) is 0 Å². The molecule has 4 N–H and O–H groups in total. The number of aliphatic hydroxyl groups excluding tert-OH is 4. The lowest BCUT2D eigenvalue weighted by molar-refractivity contribution is -0.305. The lowest BCUT2D eigenvalue weighted by atomic mass is 9.99. The zero-order valence-corrected chi connectivity index (χ0v) is 45.8. The highest BCUT2D eigenvalue weighted by Crippen LogP contribution is 2.23. The average molecular weight is 992 g/mol. The second-order valence-electron chi connectivity index (χ2n) is 20.8. The maximum Gasteiger partial charge on any atom is 0.306 e. The molecule has 0 saturated carbocycles. The van der Waals surface area contributed by atoms with Crippen molar-refractivity contribution in [2.24, 2.45) is 0 Å². The Balaban J connectivity index is 2.13. The van der Waals surface area contributed by atoms with Gasteiger partial charge in [-0.2, -0.15) is 0 Å². The lowest BCUT2D eigenvalue weighted by Crippen LogP contribution is -2.59. The van der Waals surface area contributed by atoms with Gasteiger partial charge in [0.05, 0.1) is 19.8 Å². The number of ether oxygens (including phenoxy) is 4. The fourth-order valence-corrected chi connectivity index (χ4v) is 9.39. The number of aliphatic hydroxyl groups is 4. The predicted molar refractivity (Wildman–Crippen MR) is 293 cm³/mol. The molecule has 70 heavy (non-hydrogen) atoms. The number of hydrogen-bond acceptors (Lipinski definition) is 9. The molecule has 1 saturated heterocycles. The van der Waals surface area contributed by atoms with Crippen LogP contribution >= 0.6 is 0 Å². The average Bonchev–Trinajstić information content (AvgIpc) is 3.36. The third kappa shape index (κ3) is 41.8. The van der Waals surface area contributed by atoms with Crippen LogP contribution in [0.15, 0.2) is 36.5 Å². The summed E-state index contributed by atoms with van der Waals surface area (Å²) in [6.07, 6.45) is 59.1. The number of hydrogen-bond donors (Lipinski definition) is 4. The van der Waals surface area contributed by atoms with Crippen molar-refractivity contribution in [3.05, 3.63) is 36.5 Å². The fraction of sp³-hybridized carbons (Fsp3) is 0.885. The second kappa shape index (κ2) is 52.3. The van der Waals surface area contributed by atoms with Gasteiger partial charge in [0.15, 0.2) is 6.29 Å². The smallest absolute Gasteiger partial charge is 0.306 e. The molecule has 1 heterocycles. The first-order valence-electron chi connectivity index (χ1n) is 30.1. The largest absolute Gasteiger partial charge is 0.457 e. The van der Waals surface area contributed by atoms with Crippen molar-refractivity contribution < 1.29 is 44.2 Å². The molecule has 412 valence electrons. The van der Waals surface area contributed by atoms with Crippen molar-refractivity contribution in [2.75, 3.05) is 26.4 Å². The van der Waals surface area contributed by atoms with Gasteiger partial charge < -0.3 is 39.4 Å². The van der Waals surface area contributed by atoms with Crippen LogP contribution in [0.1, 0.15) is 284 Å². The van der Waals surface area contributed by atoms with Gasteiger partial charge in [-0.15, -0.1) is 0 Å². The number of carbonyl (C=O) groups excluding carboxylic acids is 1. The molecular formula is C61H114O9. The third-order valence-corrected chi connectivity index (χ3v) is 14.1. The summed E-state index contributed by atoms with van der Waals surface area (Å²) >= 11 is 0. The summed E-state index contributed by atoms with van der Waals surface area (Å²) in [4.78, 5) is 12.9. The summed E-state index contributed by atoms with van der Waals surface area (Å²) in [5, 5.41) is 40.4. The minimum Gasteiger partial charge on any atom is -0.457 e. The number of unbranched alkanes of at least 4 members (excludes halogenated alkanes) is 36. The van der Waals surface area contributed by atoms with Crippen LogP contribution < -0.4 is 0 Å². The van der Waals surface area contributed by atoms with E-state index in [1.807, 2.05) is 0 Å². The Labute approximate surface area is 431 Å². The normalized spacial score (nSPS) is 19.1. The van der Waals surface area contributed by atoms with Crippen molar-refractivity contribution in [1.29, 1.82) is 0 Å². The topological polar surface area (TPSA) is 135 Å². The second-order valence-corrected chi connectivity index (χ2v) is 20.8.